The third-order valence-corrected chi connectivity index (χ3v) is 5.37. The quantitative estimate of drug-likeness (QED) is 0.359. The van der Waals surface area contributed by atoms with Gasteiger partial charge in [-0.05, 0) is 73.5 Å². The number of hydrogen-bond donors (Lipinski definition) is 2. The number of carboxylic acids is 1. The maximum Gasteiger partial charge on any atom is 0.335 e. The van der Waals surface area contributed by atoms with E-state index >= 15 is 0 Å². The molecule has 4 rings (SSSR count). The zero-order chi connectivity index (χ0) is 23.9. The second kappa shape index (κ2) is 8.12. The molecule has 0 fully saturated rings. The summed E-state index contributed by atoms with van der Waals surface area (Å²) in [5.41, 5.74) is 2.12. The van der Waals surface area contributed by atoms with Gasteiger partial charge in [-0.1, -0.05) is 6.58 Å². The Bertz CT molecular complexity index is 1570. The van der Waals surface area contributed by atoms with Crippen LogP contribution in [0.15, 0.2) is 57.7 Å². The Hall–Kier alpha value is -4.66. The van der Waals surface area contributed by atoms with E-state index in [2.05, 4.69) is 11.7 Å². The lowest BCUT2D eigenvalue weighted by molar-refractivity contribution is -0.384. The highest BCUT2D eigenvalue weighted by Gasteiger charge is 2.19. The molecular weight excluding hydrogens is 426 g/mol. The lowest BCUT2D eigenvalue weighted by Gasteiger charge is -2.04. The number of aryl methyl sites for hydroxylation is 2. The van der Waals surface area contributed by atoms with Gasteiger partial charge in [-0.3, -0.25) is 20.0 Å². The van der Waals surface area contributed by atoms with E-state index in [9.17, 15) is 19.7 Å². The van der Waals surface area contributed by atoms with E-state index in [0.717, 1.165) is 11.1 Å². The Morgan fingerprint density at radius 2 is 1.82 bits per heavy atom. The van der Waals surface area contributed by atoms with Crippen LogP contribution >= 0.6 is 0 Å². The van der Waals surface area contributed by atoms with Gasteiger partial charge in [0.15, 0.2) is 0 Å². The van der Waals surface area contributed by atoms with Crippen molar-refractivity contribution in [3.05, 3.63) is 102 Å². The number of H-pyrrole nitrogens is 1. The molecule has 4 aromatic rings. The number of carbonyl (C=O) groups is 1. The van der Waals surface area contributed by atoms with Crippen molar-refractivity contribution in [2.24, 2.45) is 0 Å². The SMILES string of the molecule is C=c1[nH]n(-c2ccc(C(=O)O)cc2)c(=O)/c1=C\c1ccc(-c2cc(C)c(C)cc2[N+](=O)[O-])o1. The predicted octanol–water partition coefficient (Wildman–Crippen LogP) is 2.89. The maximum atomic E-state index is 12.9. The molecule has 0 bridgehead atoms. The Morgan fingerprint density at radius 1 is 1.15 bits per heavy atom. The Morgan fingerprint density at radius 3 is 2.45 bits per heavy atom. The van der Waals surface area contributed by atoms with Crippen LogP contribution in [0.2, 0.25) is 0 Å². The van der Waals surface area contributed by atoms with Crippen molar-refractivity contribution < 1.29 is 19.2 Å². The molecule has 0 saturated heterocycles. The summed E-state index contributed by atoms with van der Waals surface area (Å²) in [4.78, 5) is 35.0. The van der Waals surface area contributed by atoms with Gasteiger partial charge in [-0.25, -0.2) is 9.48 Å². The van der Waals surface area contributed by atoms with Crippen molar-refractivity contribution in [1.82, 2.24) is 9.78 Å². The molecule has 0 spiro atoms. The molecule has 0 saturated carbocycles. The third-order valence-electron chi connectivity index (χ3n) is 5.37. The molecule has 0 aliphatic heterocycles. The second-order valence-corrected chi connectivity index (χ2v) is 7.55. The summed E-state index contributed by atoms with van der Waals surface area (Å²) >= 11 is 0. The summed E-state index contributed by atoms with van der Waals surface area (Å²) in [6, 6.07) is 12.2. The minimum absolute atomic E-state index is 0.0642. The van der Waals surface area contributed by atoms with Crippen LogP contribution in [0.25, 0.3) is 29.7 Å². The first-order valence-corrected chi connectivity index (χ1v) is 9.87. The van der Waals surface area contributed by atoms with Crippen LogP contribution in [0.5, 0.6) is 0 Å². The summed E-state index contributed by atoms with van der Waals surface area (Å²) in [5.74, 6) is -0.432. The van der Waals surface area contributed by atoms with Crippen LogP contribution in [0, 0.1) is 24.0 Å². The standard InChI is InChI=1S/C24H19N3O6/c1-13-10-20(21(27(31)32)11-14(13)2)22-9-8-18(33-22)12-19-15(3)25-26(23(19)28)17-6-4-16(5-7-17)24(29)30/h4-12,25H,3H2,1-2H3,(H,29,30)/b19-12-. The highest BCUT2D eigenvalue weighted by Crippen LogP contribution is 2.33. The van der Waals surface area contributed by atoms with E-state index < -0.39 is 16.5 Å². The maximum absolute atomic E-state index is 12.9. The molecule has 0 aliphatic carbocycles. The lowest BCUT2D eigenvalue weighted by atomic mass is 10.0. The summed E-state index contributed by atoms with van der Waals surface area (Å²) in [7, 11) is 0. The van der Waals surface area contributed by atoms with E-state index in [1.54, 1.807) is 25.1 Å². The van der Waals surface area contributed by atoms with Crippen LogP contribution in [0.1, 0.15) is 27.2 Å². The van der Waals surface area contributed by atoms with Crippen molar-refractivity contribution >= 4 is 24.3 Å². The number of benzene rings is 2. The topological polar surface area (TPSA) is 131 Å². The number of aromatic amines is 1. The number of aromatic nitrogens is 2. The second-order valence-electron chi connectivity index (χ2n) is 7.55. The number of furan rings is 1. The molecule has 33 heavy (non-hydrogen) atoms. The summed E-state index contributed by atoms with van der Waals surface area (Å²) in [6.45, 7) is 7.52. The number of nitro groups is 1. The van der Waals surface area contributed by atoms with Gasteiger partial charge in [-0.15, -0.1) is 0 Å². The molecular formula is C24H19N3O6. The van der Waals surface area contributed by atoms with E-state index in [-0.39, 0.29) is 16.5 Å². The van der Waals surface area contributed by atoms with Crippen LogP contribution < -0.4 is 16.1 Å². The van der Waals surface area contributed by atoms with E-state index in [4.69, 9.17) is 9.52 Å². The van der Waals surface area contributed by atoms with Gasteiger partial charge in [0.2, 0.25) is 0 Å². The van der Waals surface area contributed by atoms with Gasteiger partial charge in [0.1, 0.15) is 11.5 Å². The molecule has 2 N–H and O–H groups in total. The van der Waals surface area contributed by atoms with Crippen molar-refractivity contribution in [3.8, 4) is 17.0 Å². The molecule has 0 unspecified atom stereocenters. The zero-order valence-electron chi connectivity index (χ0n) is 17.8. The normalized spacial score (nSPS) is 11.6. The molecule has 0 atom stereocenters. The predicted molar refractivity (Wildman–Crippen MR) is 122 cm³/mol. The molecule has 9 nitrogen and oxygen atoms in total. The Kier molecular flexibility index (Phi) is 5.31. The number of carboxylic acid groups (broad SMARTS) is 1. The number of nitrogens with zero attached hydrogens (tertiary/aromatic N) is 2. The summed E-state index contributed by atoms with van der Waals surface area (Å²) in [6.07, 6.45) is 1.50. The molecule has 9 heteroatoms. The van der Waals surface area contributed by atoms with Crippen molar-refractivity contribution in [3.63, 3.8) is 0 Å². The minimum atomic E-state index is -1.06. The largest absolute Gasteiger partial charge is 0.478 e. The first-order valence-electron chi connectivity index (χ1n) is 9.87. The highest BCUT2D eigenvalue weighted by molar-refractivity contribution is 5.87. The number of nitrogens with one attached hydrogen (secondary N) is 1. The Labute approximate surface area is 186 Å². The van der Waals surface area contributed by atoms with Crippen LogP contribution in [-0.4, -0.2) is 25.8 Å². The number of aromatic carboxylic acids is 1. The van der Waals surface area contributed by atoms with Crippen LogP contribution in [-0.2, 0) is 0 Å². The number of hydrogen-bond acceptors (Lipinski definition) is 5. The fourth-order valence-electron chi connectivity index (χ4n) is 3.45. The monoisotopic (exact) mass is 445 g/mol. The molecule has 0 radical (unpaired) electrons. The number of rotatable bonds is 5. The fraction of sp³-hybridized carbons (Fsp3) is 0.0833. The van der Waals surface area contributed by atoms with E-state index in [1.807, 2.05) is 6.92 Å². The van der Waals surface area contributed by atoms with Gasteiger partial charge in [0.25, 0.3) is 11.2 Å². The zero-order valence-corrected chi connectivity index (χ0v) is 17.8. The van der Waals surface area contributed by atoms with Crippen LogP contribution in [0.3, 0.4) is 0 Å². The van der Waals surface area contributed by atoms with E-state index in [1.165, 1.54) is 41.1 Å². The molecule has 2 aromatic carbocycles. The average Bonchev–Trinajstić information content (AvgIpc) is 3.35. The highest BCUT2D eigenvalue weighted by atomic mass is 16.6. The third kappa shape index (κ3) is 3.99. The van der Waals surface area contributed by atoms with Crippen molar-refractivity contribution in [2.45, 2.75) is 13.8 Å². The van der Waals surface area contributed by atoms with Gasteiger partial charge in [-0.2, -0.15) is 0 Å². The number of nitro benzene ring substituents is 1. The molecule has 166 valence electrons. The van der Waals surface area contributed by atoms with Gasteiger partial charge < -0.3 is 9.52 Å². The van der Waals surface area contributed by atoms with Gasteiger partial charge in [0.05, 0.1) is 32.3 Å². The fourth-order valence-corrected chi connectivity index (χ4v) is 3.45. The molecule has 0 amide bonds. The molecule has 0 aliphatic rings. The van der Waals surface area contributed by atoms with Crippen molar-refractivity contribution in [1.29, 1.82) is 0 Å². The lowest BCUT2D eigenvalue weighted by Crippen LogP contribution is -2.33. The Balaban J connectivity index is 1.77. The van der Waals surface area contributed by atoms with E-state index in [0.29, 0.717) is 28.1 Å². The average molecular weight is 445 g/mol. The summed E-state index contributed by atoms with van der Waals surface area (Å²) < 4.78 is 7.06. The molecule has 2 aromatic heterocycles. The first-order chi connectivity index (χ1) is 15.7. The van der Waals surface area contributed by atoms with Crippen LogP contribution in [0.4, 0.5) is 5.69 Å². The minimum Gasteiger partial charge on any atom is -0.478 e. The smallest absolute Gasteiger partial charge is 0.335 e. The first kappa shape index (κ1) is 21.6. The van der Waals surface area contributed by atoms with Gasteiger partial charge in [0, 0.05) is 6.07 Å². The molecule has 2 heterocycles. The summed E-state index contributed by atoms with van der Waals surface area (Å²) in [5, 5.41) is 24.0. The van der Waals surface area contributed by atoms with Gasteiger partial charge >= 0.3 is 5.97 Å². The van der Waals surface area contributed by atoms with Crippen molar-refractivity contribution in [2.75, 3.05) is 0 Å².